The van der Waals surface area contributed by atoms with Gasteiger partial charge in [-0.1, -0.05) is 41.4 Å². The first-order valence-corrected chi connectivity index (χ1v) is 8.69. The molecule has 0 amide bonds. The smallest absolute Gasteiger partial charge is 0.335 e. The van der Waals surface area contributed by atoms with E-state index in [1.165, 1.54) is 6.07 Å². The molecule has 4 nitrogen and oxygen atoms in total. The number of carboxylic acids is 1. The van der Waals surface area contributed by atoms with E-state index >= 15 is 0 Å². The normalized spacial score (nSPS) is 19.1. The van der Waals surface area contributed by atoms with Gasteiger partial charge in [-0.3, -0.25) is 5.32 Å². The lowest BCUT2D eigenvalue weighted by atomic mass is 9.83. The second-order valence-electron chi connectivity index (χ2n) is 6.24. The Morgan fingerprint density at radius 2 is 2.00 bits per heavy atom. The van der Waals surface area contributed by atoms with Crippen molar-refractivity contribution in [1.29, 1.82) is 0 Å². The molecule has 1 unspecified atom stereocenters. The summed E-state index contributed by atoms with van der Waals surface area (Å²) >= 11 is 12.3. The molecule has 0 aromatic heterocycles. The zero-order chi connectivity index (χ0) is 19.1. The summed E-state index contributed by atoms with van der Waals surface area (Å²) in [6.07, 6.45) is 0.229. The van der Waals surface area contributed by atoms with Crippen molar-refractivity contribution < 1.29 is 14.3 Å². The average Bonchev–Trinajstić information content (AvgIpc) is 2.57. The van der Waals surface area contributed by atoms with Crippen LogP contribution in [0.4, 0.5) is 10.1 Å². The summed E-state index contributed by atoms with van der Waals surface area (Å²) in [6, 6.07) is 9.92. The van der Waals surface area contributed by atoms with E-state index < -0.39 is 17.4 Å². The van der Waals surface area contributed by atoms with E-state index in [4.69, 9.17) is 23.2 Å². The molecule has 136 valence electrons. The number of likely N-dealkylation sites (N-methyl/N-ethyl adjacent to an activating group) is 1. The second-order valence-corrected chi connectivity index (χ2v) is 7.08. The molecule has 0 saturated heterocycles. The van der Waals surface area contributed by atoms with Crippen LogP contribution in [0, 0.1) is 5.82 Å². The van der Waals surface area contributed by atoms with Crippen molar-refractivity contribution in [2.75, 3.05) is 12.4 Å². The topological polar surface area (TPSA) is 61.4 Å². The van der Waals surface area contributed by atoms with Gasteiger partial charge in [0.05, 0.1) is 11.3 Å². The van der Waals surface area contributed by atoms with Crippen LogP contribution in [-0.4, -0.2) is 23.8 Å². The molecule has 2 aromatic rings. The Hall–Kier alpha value is -2.08. The van der Waals surface area contributed by atoms with Crippen LogP contribution in [0.3, 0.4) is 0 Å². The highest BCUT2D eigenvalue weighted by Crippen LogP contribution is 2.42. The predicted octanol–water partition coefficient (Wildman–Crippen LogP) is 4.57. The first-order valence-electron chi connectivity index (χ1n) is 7.93. The van der Waals surface area contributed by atoms with Gasteiger partial charge in [-0.25, -0.2) is 9.18 Å². The zero-order valence-corrected chi connectivity index (χ0v) is 15.7. The van der Waals surface area contributed by atoms with Crippen LogP contribution < -0.4 is 10.6 Å². The van der Waals surface area contributed by atoms with Crippen LogP contribution in [0.2, 0.25) is 10.0 Å². The molecule has 0 spiro atoms. The molecule has 1 aliphatic heterocycles. The summed E-state index contributed by atoms with van der Waals surface area (Å²) in [6.45, 7) is 1.65. The van der Waals surface area contributed by atoms with Gasteiger partial charge in [0.15, 0.2) is 0 Å². The molecule has 3 N–H and O–H groups in total. The van der Waals surface area contributed by atoms with Crippen LogP contribution >= 0.6 is 23.2 Å². The van der Waals surface area contributed by atoms with Gasteiger partial charge >= 0.3 is 5.97 Å². The number of hydrogen-bond acceptors (Lipinski definition) is 3. The van der Waals surface area contributed by atoms with Crippen molar-refractivity contribution in [1.82, 2.24) is 5.32 Å². The number of hydrogen-bond donors (Lipinski definition) is 3. The summed E-state index contributed by atoms with van der Waals surface area (Å²) in [4.78, 5) is 12.1. The highest BCUT2D eigenvalue weighted by molar-refractivity contribution is 6.31. The maximum atomic E-state index is 14.6. The van der Waals surface area contributed by atoms with Crippen molar-refractivity contribution in [3.05, 3.63) is 69.0 Å². The van der Waals surface area contributed by atoms with E-state index in [2.05, 4.69) is 10.6 Å². The van der Waals surface area contributed by atoms with Gasteiger partial charge in [0, 0.05) is 22.0 Å². The lowest BCUT2D eigenvalue weighted by Crippen LogP contribution is -2.53. The quantitative estimate of drug-likeness (QED) is 0.710. The lowest BCUT2D eigenvalue weighted by molar-refractivity contribution is -0.133. The van der Waals surface area contributed by atoms with E-state index in [1.807, 2.05) is 12.1 Å². The van der Waals surface area contributed by atoms with Crippen molar-refractivity contribution >= 4 is 40.4 Å². The third kappa shape index (κ3) is 3.18. The molecule has 0 saturated carbocycles. The minimum atomic E-state index is -1.16. The van der Waals surface area contributed by atoms with E-state index in [-0.39, 0.29) is 22.7 Å². The summed E-state index contributed by atoms with van der Waals surface area (Å²) in [5, 5.41) is 16.5. The summed E-state index contributed by atoms with van der Waals surface area (Å²) < 4.78 is 14.6. The number of nitrogens with one attached hydrogen (secondary N) is 2. The van der Waals surface area contributed by atoms with Crippen LogP contribution in [0.1, 0.15) is 18.1 Å². The van der Waals surface area contributed by atoms with Gasteiger partial charge in [-0.2, -0.15) is 0 Å². The molecule has 1 atom stereocenters. The molecular formula is C19H17Cl2FN2O2. The van der Waals surface area contributed by atoms with E-state index in [0.29, 0.717) is 16.2 Å². The minimum Gasteiger partial charge on any atom is -0.478 e. The molecule has 0 fully saturated rings. The standard InChI is InChI=1S/C19H17Cl2FN2O2/c1-19(23-2)16(18(25)26)12(7-10-5-3-4-6-14(10)21)13-8-11(20)9-15(22)17(13)24-19/h3-6,8-9,23-24H,7H2,1-2H3,(H,25,26). The van der Waals surface area contributed by atoms with E-state index in [0.717, 1.165) is 5.56 Å². The summed E-state index contributed by atoms with van der Waals surface area (Å²) in [5.41, 5.74) is 0.754. The van der Waals surface area contributed by atoms with Crippen molar-refractivity contribution in [2.24, 2.45) is 0 Å². The van der Waals surface area contributed by atoms with Gasteiger partial charge in [-0.05, 0) is 43.3 Å². The highest BCUT2D eigenvalue weighted by atomic mass is 35.5. The molecule has 1 aliphatic rings. The monoisotopic (exact) mass is 394 g/mol. The van der Waals surface area contributed by atoms with Gasteiger partial charge in [0.2, 0.25) is 0 Å². The Kier molecular flexibility index (Phi) is 4.97. The maximum Gasteiger partial charge on any atom is 0.335 e. The van der Waals surface area contributed by atoms with Gasteiger partial charge in [0.1, 0.15) is 11.5 Å². The number of anilines is 1. The number of carbonyl (C=O) groups is 1. The van der Waals surface area contributed by atoms with Gasteiger partial charge in [0.25, 0.3) is 0 Å². The van der Waals surface area contributed by atoms with Crippen molar-refractivity contribution in [3.8, 4) is 0 Å². The maximum absolute atomic E-state index is 14.6. The summed E-state index contributed by atoms with van der Waals surface area (Å²) in [7, 11) is 1.61. The summed E-state index contributed by atoms with van der Waals surface area (Å²) in [5.74, 6) is -1.66. The van der Waals surface area contributed by atoms with Gasteiger partial charge < -0.3 is 10.4 Å². The zero-order valence-electron chi connectivity index (χ0n) is 14.2. The Morgan fingerprint density at radius 3 is 2.62 bits per heavy atom. The van der Waals surface area contributed by atoms with Gasteiger partial charge in [-0.15, -0.1) is 0 Å². The average molecular weight is 395 g/mol. The van der Waals surface area contributed by atoms with Crippen molar-refractivity contribution in [3.63, 3.8) is 0 Å². The number of rotatable bonds is 4. The molecule has 0 aliphatic carbocycles. The molecular weight excluding hydrogens is 378 g/mol. The third-order valence-corrected chi connectivity index (χ3v) is 5.18. The van der Waals surface area contributed by atoms with E-state index in [9.17, 15) is 14.3 Å². The van der Waals surface area contributed by atoms with Crippen LogP contribution in [0.5, 0.6) is 0 Å². The lowest BCUT2D eigenvalue weighted by Gasteiger charge is -2.39. The second kappa shape index (κ2) is 6.91. The fraction of sp³-hybridized carbons (Fsp3) is 0.211. The SMILES string of the molecule is CNC1(C)Nc2c(F)cc(Cl)cc2C(Cc2ccccc2Cl)=C1C(=O)O. The molecule has 26 heavy (non-hydrogen) atoms. The van der Waals surface area contributed by atoms with Crippen LogP contribution in [0.15, 0.2) is 42.0 Å². The number of fused-ring (bicyclic) bond motifs is 1. The van der Waals surface area contributed by atoms with Crippen molar-refractivity contribution in [2.45, 2.75) is 19.0 Å². The Morgan fingerprint density at radius 1 is 1.31 bits per heavy atom. The Balaban J connectivity index is 2.31. The number of allylic oxidation sites excluding steroid dienone is 1. The van der Waals surface area contributed by atoms with Crippen LogP contribution in [-0.2, 0) is 11.2 Å². The van der Waals surface area contributed by atoms with E-state index in [1.54, 1.807) is 32.2 Å². The highest BCUT2D eigenvalue weighted by Gasteiger charge is 2.40. The predicted molar refractivity (Wildman–Crippen MR) is 102 cm³/mol. The number of aliphatic carboxylic acids is 1. The molecule has 0 bridgehead atoms. The fourth-order valence-electron chi connectivity index (χ4n) is 3.23. The first-order chi connectivity index (χ1) is 12.3. The molecule has 1 heterocycles. The number of benzene rings is 2. The molecule has 2 aromatic carbocycles. The first kappa shape index (κ1) is 18.7. The third-order valence-electron chi connectivity index (χ3n) is 4.60. The Bertz CT molecular complexity index is 930. The Labute approximate surface area is 160 Å². The largest absolute Gasteiger partial charge is 0.478 e. The van der Waals surface area contributed by atoms with Crippen LogP contribution in [0.25, 0.3) is 5.57 Å². The minimum absolute atomic E-state index is 0.0917. The number of halogens is 3. The number of carboxylic acid groups (broad SMARTS) is 1. The fourth-order valence-corrected chi connectivity index (χ4v) is 3.64. The molecule has 3 rings (SSSR count). The molecule has 7 heteroatoms. The molecule has 0 radical (unpaired) electrons.